The average molecular weight is 509 g/mol. The van der Waals surface area contributed by atoms with Gasteiger partial charge in [-0.25, -0.2) is 9.67 Å². The molecule has 1 saturated heterocycles. The van der Waals surface area contributed by atoms with Gasteiger partial charge in [-0.2, -0.15) is 5.10 Å². The van der Waals surface area contributed by atoms with Gasteiger partial charge in [0, 0.05) is 50.5 Å². The molecule has 0 radical (unpaired) electrons. The Morgan fingerprint density at radius 3 is 2.64 bits per heavy atom. The number of anilines is 1. The molecule has 0 amide bonds. The number of halogens is 1. The summed E-state index contributed by atoms with van der Waals surface area (Å²) >= 11 is 1.68. The van der Waals surface area contributed by atoms with E-state index in [1.54, 1.807) is 11.3 Å². The number of aliphatic imine (C=N–C) groups is 1. The van der Waals surface area contributed by atoms with Crippen LogP contribution in [0.1, 0.15) is 5.56 Å². The summed E-state index contributed by atoms with van der Waals surface area (Å²) in [5.74, 6) is 0.629. The SMILES string of the molecule is I.NC(=NCCc1cnn(-c2ccccc2)c1)N1CCN(c2nccs2)CC1. The molecule has 4 rings (SSSR count). The van der Waals surface area contributed by atoms with Crippen molar-refractivity contribution < 1.29 is 0 Å². The van der Waals surface area contributed by atoms with Crippen molar-refractivity contribution in [2.75, 3.05) is 37.6 Å². The summed E-state index contributed by atoms with van der Waals surface area (Å²) in [5.41, 5.74) is 8.41. The summed E-state index contributed by atoms with van der Waals surface area (Å²) in [6.07, 6.45) is 6.62. The summed E-state index contributed by atoms with van der Waals surface area (Å²) in [4.78, 5) is 13.4. The molecule has 148 valence electrons. The number of aromatic nitrogens is 3. The third kappa shape index (κ3) is 5.02. The van der Waals surface area contributed by atoms with Crippen molar-refractivity contribution in [3.05, 3.63) is 59.9 Å². The predicted molar refractivity (Wildman–Crippen MR) is 125 cm³/mol. The van der Waals surface area contributed by atoms with Crippen LogP contribution in [-0.4, -0.2) is 58.3 Å². The molecule has 1 aliphatic rings. The first-order valence-corrected chi connectivity index (χ1v) is 9.96. The molecule has 7 nitrogen and oxygen atoms in total. The molecule has 3 aromatic rings. The van der Waals surface area contributed by atoms with Crippen molar-refractivity contribution in [3.63, 3.8) is 0 Å². The number of para-hydroxylation sites is 1. The zero-order valence-corrected chi connectivity index (χ0v) is 18.7. The molecular formula is C19H24IN7S. The van der Waals surface area contributed by atoms with E-state index in [0.29, 0.717) is 12.5 Å². The molecule has 1 fully saturated rings. The van der Waals surface area contributed by atoms with Gasteiger partial charge in [0.1, 0.15) is 0 Å². The Hall–Kier alpha value is -2.14. The van der Waals surface area contributed by atoms with E-state index in [0.717, 1.165) is 49.0 Å². The van der Waals surface area contributed by atoms with Crippen LogP contribution in [0.25, 0.3) is 5.69 Å². The molecule has 3 heterocycles. The number of benzene rings is 1. The molecule has 1 aliphatic heterocycles. The number of thiazole rings is 1. The summed E-state index contributed by atoms with van der Waals surface area (Å²) < 4.78 is 1.89. The van der Waals surface area contributed by atoms with Crippen molar-refractivity contribution in [2.45, 2.75) is 6.42 Å². The fourth-order valence-electron chi connectivity index (χ4n) is 3.11. The number of rotatable bonds is 5. The largest absolute Gasteiger partial charge is 0.370 e. The molecule has 2 N–H and O–H groups in total. The van der Waals surface area contributed by atoms with Crippen molar-refractivity contribution in [1.82, 2.24) is 19.7 Å². The molecule has 0 saturated carbocycles. The predicted octanol–water partition coefficient (Wildman–Crippen LogP) is 2.63. The smallest absolute Gasteiger partial charge is 0.191 e. The van der Waals surface area contributed by atoms with E-state index in [9.17, 15) is 0 Å². The molecule has 1 aromatic carbocycles. The first kappa shape index (κ1) is 20.6. The van der Waals surface area contributed by atoms with Gasteiger partial charge in [0.05, 0.1) is 11.9 Å². The molecule has 0 spiro atoms. The number of nitrogens with zero attached hydrogens (tertiary/aromatic N) is 6. The van der Waals surface area contributed by atoms with Gasteiger partial charge in [0.25, 0.3) is 0 Å². The number of hydrogen-bond donors (Lipinski definition) is 1. The molecule has 0 aliphatic carbocycles. The highest BCUT2D eigenvalue weighted by atomic mass is 127. The molecule has 0 bridgehead atoms. The van der Waals surface area contributed by atoms with E-state index < -0.39 is 0 Å². The van der Waals surface area contributed by atoms with Crippen LogP contribution in [0.5, 0.6) is 0 Å². The molecule has 0 unspecified atom stereocenters. The van der Waals surface area contributed by atoms with Gasteiger partial charge in [0.2, 0.25) is 0 Å². The minimum absolute atomic E-state index is 0. The van der Waals surface area contributed by atoms with E-state index in [1.165, 1.54) is 0 Å². The first-order valence-electron chi connectivity index (χ1n) is 9.08. The molecular weight excluding hydrogens is 485 g/mol. The fraction of sp³-hybridized carbons (Fsp3) is 0.316. The van der Waals surface area contributed by atoms with Crippen molar-refractivity contribution in [2.24, 2.45) is 10.7 Å². The summed E-state index contributed by atoms with van der Waals surface area (Å²) in [5, 5.41) is 7.52. The van der Waals surface area contributed by atoms with Crippen molar-refractivity contribution in [1.29, 1.82) is 0 Å². The van der Waals surface area contributed by atoms with E-state index in [1.807, 2.05) is 59.0 Å². The Labute approximate surface area is 185 Å². The van der Waals surface area contributed by atoms with Crippen LogP contribution in [0.4, 0.5) is 5.13 Å². The maximum atomic E-state index is 6.20. The summed E-state index contributed by atoms with van der Waals surface area (Å²) in [6.45, 7) is 4.27. The van der Waals surface area contributed by atoms with Crippen LogP contribution >= 0.6 is 35.3 Å². The third-order valence-electron chi connectivity index (χ3n) is 4.62. The Balaban J connectivity index is 0.00000225. The van der Waals surface area contributed by atoms with Crippen molar-refractivity contribution >= 4 is 46.4 Å². The molecule has 2 aromatic heterocycles. The Morgan fingerprint density at radius 2 is 1.93 bits per heavy atom. The van der Waals surface area contributed by atoms with Crippen LogP contribution in [0.15, 0.2) is 59.3 Å². The Bertz CT molecular complexity index is 871. The lowest BCUT2D eigenvalue weighted by Crippen LogP contribution is -2.51. The van der Waals surface area contributed by atoms with Gasteiger partial charge < -0.3 is 15.5 Å². The van der Waals surface area contributed by atoms with E-state index >= 15 is 0 Å². The minimum atomic E-state index is 0. The Morgan fingerprint density at radius 1 is 1.14 bits per heavy atom. The summed E-state index contributed by atoms with van der Waals surface area (Å²) in [7, 11) is 0. The highest BCUT2D eigenvalue weighted by Crippen LogP contribution is 2.18. The van der Waals surface area contributed by atoms with E-state index in [2.05, 4.69) is 24.9 Å². The van der Waals surface area contributed by atoms with Gasteiger partial charge in [0.15, 0.2) is 11.1 Å². The van der Waals surface area contributed by atoms with Crippen LogP contribution in [0, 0.1) is 0 Å². The van der Waals surface area contributed by atoms with Gasteiger partial charge >= 0.3 is 0 Å². The number of guanidine groups is 1. The fourth-order valence-corrected chi connectivity index (χ4v) is 3.81. The highest BCUT2D eigenvalue weighted by molar-refractivity contribution is 14.0. The average Bonchev–Trinajstić information content (AvgIpc) is 3.41. The maximum absolute atomic E-state index is 6.20. The van der Waals surface area contributed by atoms with Crippen LogP contribution in [0.3, 0.4) is 0 Å². The van der Waals surface area contributed by atoms with Crippen LogP contribution in [0.2, 0.25) is 0 Å². The van der Waals surface area contributed by atoms with E-state index in [-0.39, 0.29) is 24.0 Å². The number of piperazine rings is 1. The molecule has 0 atom stereocenters. The second kappa shape index (κ2) is 9.87. The zero-order chi connectivity index (χ0) is 18.5. The normalized spacial score (nSPS) is 14.8. The van der Waals surface area contributed by atoms with Gasteiger partial charge in [-0.05, 0) is 24.1 Å². The summed E-state index contributed by atoms with van der Waals surface area (Å²) in [6, 6.07) is 10.1. The van der Waals surface area contributed by atoms with E-state index in [4.69, 9.17) is 5.73 Å². The van der Waals surface area contributed by atoms with Crippen LogP contribution in [-0.2, 0) is 6.42 Å². The number of hydrogen-bond acceptors (Lipinski definition) is 5. The third-order valence-corrected chi connectivity index (χ3v) is 5.46. The monoisotopic (exact) mass is 509 g/mol. The maximum Gasteiger partial charge on any atom is 0.191 e. The standard InChI is InChI=1S/C19H23N7S.HI/c20-18(24-9-11-25(12-10-24)19-22-8-13-27-19)21-7-6-16-14-23-26(15-16)17-4-2-1-3-5-17;/h1-5,8,13-15H,6-7,9-12H2,(H2,20,21);1H. The minimum Gasteiger partial charge on any atom is -0.370 e. The van der Waals surface area contributed by atoms with Gasteiger partial charge in [-0.1, -0.05) is 18.2 Å². The lowest BCUT2D eigenvalue weighted by Gasteiger charge is -2.35. The quantitative estimate of drug-likeness (QED) is 0.325. The van der Waals surface area contributed by atoms with Gasteiger partial charge in [-0.15, -0.1) is 35.3 Å². The Kier molecular flexibility index (Phi) is 7.26. The van der Waals surface area contributed by atoms with Gasteiger partial charge in [-0.3, -0.25) is 4.99 Å². The second-order valence-corrected chi connectivity index (χ2v) is 7.28. The first-order chi connectivity index (χ1) is 13.3. The van der Waals surface area contributed by atoms with Crippen molar-refractivity contribution in [3.8, 4) is 5.69 Å². The molecule has 9 heteroatoms. The molecule has 28 heavy (non-hydrogen) atoms. The zero-order valence-electron chi connectivity index (χ0n) is 15.5. The highest BCUT2D eigenvalue weighted by Gasteiger charge is 2.19. The lowest BCUT2D eigenvalue weighted by molar-refractivity contribution is 0.380. The second-order valence-electron chi connectivity index (χ2n) is 6.41. The van der Waals surface area contributed by atoms with Crippen LogP contribution < -0.4 is 10.6 Å². The topological polar surface area (TPSA) is 75.6 Å². The number of nitrogens with two attached hydrogens (primary N) is 1. The lowest BCUT2D eigenvalue weighted by atomic mass is 10.2.